The van der Waals surface area contributed by atoms with E-state index >= 15 is 0 Å². The Hall–Kier alpha value is -3.68. The highest BCUT2D eigenvalue weighted by Gasteiger charge is 2.29. The van der Waals surface area contributed by atoms with E-state index in [2.05, 4.69) is 5.32 Å². The summed E-state index contributed by atoms with van der Waals surface area (Å²) in [4.78, 5) is 35.4. The van der Waals surface area contributed by atoms with Crippen LogP contribution in [0.4, 0.5) is 11.4 Å². The van der Waals surface area contributed by atoms with E-state index in [4.69, 9.17) is 0 Å². The molecule has 0 amide bonds. The van der Waals surface area contributed by atoms with Crippen molar-refractivity contribution in [3.63, 3.8) is 0 Å². The van der Waals surface area contributed by atoms with Gasteiger partial charge in [-0.05, 0) is 18.6 Å². The van der Waals surface area contributed by atoms with Crippen molar-refractivity contribution in [2.75, 3.05) is 5.32 Å². The molecule has 8 heteroatoms. The molecule has 0 aliphatic heterocycles. The van der Waals surface area contributed by atoms with E-state index < -0.39 is 28.2 Å². The van der Waals surface area contributed by atoms with Crippen molar-refractivity contribution >= 4 is 28.2 Å². The maximum absolute atomic E-state index is 12.7. The highest BCUT2D eigenvalue weighted by molar-refractivity contribution is 5.97. The number of carboxylic acid groups (broad SMARTS) is 1. The molecule has 0 aliphatic carbocycles. The van der Waals surface area contributed by atoms with E-state index in [1.807, 2.05) is 6.07 Å². The van der Waals surface area contributed by atoms with Gasteiger partial charge in [0.1, 0.15) is 11.7 Å². The first kappa shape index (κ1) is 19.1. The van der Waals surface area contributed by atoms with E-state index in [0.29, 0.717) is 10.9 Å². The third-order valence-electron chi connectivity index (χ3n) is 4.55. The molecule has 8 nitrogen and oxygen atoms in total. The van der Waals surface area contributed by atoms with Gasteiger partial charge < -0.3 is 15.0 Å². The zero-order valence-electron chi connectivity index (χ0n) is 15.2. The minimum absolute atomic E-state index is 0.0707. The number of aryl methyl sites for hydroxylation is 1. The van der Waals surface area contributed by atoms with Crippen molar-refractivity contribution in [2.24, 2.45) is 0 Å². The number of fused-ring (bicyclic) bond motifs is 1. The Morgan fingerprint density at radius 2 is 1.82 bits per heavy atom. The van der Waals surface area contributed by atoms with Crippen LogP contribution in [0.3, 0.4) is 0 Å². The molecule has 0 aliphatic rings. The van der Waals surface area contributed by atoms with Crippen molar-refractivity contribution in [1.82, 2.24) is 4.57 Å². The predicted octanol–water partition coefficient (Wildman–Crippen LogP) is 3.04. The minimum Gasteiger partial charge on any atom is -0.480 e. The van der Waals surface area contributed by atoms with Gasteiger partial charge in [-0.2, -0.15) is 0 Å². The molecule has 0 fully saturated rings. The number of aliphatic carboxylic acids is 1. The second-order valence-electron chi connectivity index (χ2n) is 6.27. The Morgan fingerprint density at radius 1 is 1.18 bits per heavy atom. The smallest absolute Gasteiger partial charge is 0.357 e. The van der Waals surface area contributed by atoms with Crippen molar-refractivity contribution in [3.8, 4) is 0 Å². The number of nitrogens with one attached hydrogen (secondary N) is 1. The number of para-hydroxylation sites is 1. The molecule has 0 radical (unpaired) electrons. The summed E-state index contributed by atoms with van der Waals surface area (Å²) < 4.78 is 1.31. The number of carboxylic acids is 1. The lowest BCUT2D eigenvalue weighted by atomic mass is 10.0. The second-order valence-corrected chi connectivity index (χ2v) is 6.27. The van der Waals surface area contributed by atoms with Crippen LogP contribution in [0.25, 0.3) is 10.9 Å². The van der Waals surface area contributed by atoms with Gasteiger partial charge in [0, 0.05) is 18.4 Å². The fourth-order valence-corrected chi connectivity index (χ4v) is 3.25. The number of carbonyl (C=O) groups is 1. The van der Waals surface area contributed by atoms with Crippen LogP contribution in [0.1, 0.15) is 12.5 Å². The number of rotatable bonds is 7. The van der Waals surface area contributed by atoms with Gasteiger partial charge in [0.15, 0.2) is 0 Å². The second kappa shape index (κ2) is 7.91. The third kappa shape index (κ3) is 3.57. The Morgan fingerprint density at radius 3 is 2.43 bits per heavy atom. The van der Waals surface area contributed by atoms with Gasteiger partial charge in [-0.15, -0.1) is 0 Å². The average molecular weight is 381 g/mol. The molecular weight excluding hydrogens is 362 g/mol. The number of nitrogens with zero attached hydrogens (tertiary/aromatic N) is 2. The van der Waals surface area contributed by atoms with Crippen LogP contribution in [0.15, 0.2) is 59.4 Å². The summed E-state index contributed by atoms with van der Waals surface area (Å²) in [6.07, 6.45) is 0.110. The molecule has 28 heavy (non-hydrogen) atoms. The van der Waals surface area contributed by atoms with Gasteiger partial charge in [0.25, 0.3) is 0 Å². The van der Waals surface area contributed by atoms with Gasteiger partial charge in [-0.3, -0.25) is 14.9 Å². The number of benzene rings is 2. The first-order chi connectivity index (χ1) is 13.4. The molecule has 1 aromatic heterocycles. The molecule has 0 bridgehead atoms. The quantitative estimate of drug-likeness (QED) is 0.480. The van der Waals surface area contributed by atoms with E-state index in [-0.39, 0.29) is 18.7 Å². The average Bonchev–Trinajstić information content (AvgIpc) is 2.68. The van der Waals surface area contributed by atoms with E-state index in [1.165, 1.54) is 4.57 Å². The number of hydrogen-bond acceptors (Lipinski definition) is 5. The highest BCUT2D eigenvalue weighted by Crippen LogP contribution is 2.31. The molecule has 0 saturated carbocycles. The predicted molar refractivity (Wildman–Crippen MR) is 106 cm³/mol. The summed E-state index contributed by atoms with van der Waals surface area (Å²) in [6.45, 7) is 1.98. The van der Waals surface area contributed by atoms with Crippen LogP contribution in [0, 0.1) is 10.1 Å². The number of anilines is 1. The van der Waals surface area contributed by atoms with Gasteiger partial charge in [0.05, 0.1) is 10.4 Å². The van der Waals surface area contributed by atoms with Crippen molar-refractivity contribution in [1.29, 1.82) is 0 Å². The molecule has 1 atom stereocenters. The number of pyridine rings is 1. The van der Waals surface area contributed by atoms with Crippen LogP contribution in [-0.4, -0.2) is 26.6 Å². The Bertz CT molecular complexity index is 1090. The lowest BCUT2D eigenvalue weighted by Crippen LogP contribution is -2.33. The zero-order valence-corrected chi connectivity index (χ0v) is 15.2. The van der Waals surface area contributed by atoms with Gasteiger partial charge in [-0.1, -0.05) is 48.5 Å². The minimum atomic E-state index is -1.16. The van der Waals surface area contributed by atoms with E-state index in [0.717, 1.165) is 5.56 Å². The van der Waals surface area contributed by atoms with Crippen LogP contribution in [0.2, 0.25) is 0 Å². The summed E-state index contributed by atoms with van der Waals surface area (Å²) in [5, 5.41) is 24.5. The Balaban J connectivity index is 2.18. The fraction of sp³-hybridized carbons (Fsp3) is 0.200. The lowest BCUT2D eigenvalue weighted by Gasteiger charge is -2.19. The SMILES string of the molecule is CCn1c(=O)c([N+](=O)[O-])c(NC(Cc2ccccc2)C(=O)O)c2ccccc21. The molecule has 2 N–H and O–H groups in total. The largest absolute Gasteiger partial charge is 0.480 e. The number of hydrogen-bond donors (Lipinski definition) is 2. The van der Waals surface area contributed by atoms with Crippen LogP contribution in [-0.2, 0) is 17.8 Å². The standard InChI is InChI=1S/C20H19N3O5/c1-2-22-16-11-7-6-10-14(16)17(18(19(22)24)23(27)28)21-15(20(25)26)12-13-8-4-3-5-9-13/h3-11,15,21H,2,12H2,1H3,(H,25,26). The highest BCUT2D eigenvalue weighted by atomic mass is 16.6. The molecule has 0 spiro atoms. The first-order valence-electron chi connectivity index (χ1n) is 8.77. The van der Waals surface area contributed by atoms with Gasteiger partial charge >= 0.3 is 17.2 Å². The normalized spacial score (nSPS) is 11.9. The summed E-state index contributed by atoms with van der Waals surface area (Å²) in [5.74, 6) is -1.16. The molecule has 144 valence electrons. The van der Waals surface area contributed by atoms with Crippen molar-refractivity contribution in [2.45, 2.75) is 25.9 Å². The summed E-state index contributed by atoms with van der Waals surface area (Å²) in [7, 11) is 0. The Labute approximate surface area is 160 Å². The molecule has 1 heterocycles. The molecule has 3 rings (SSSR count). The summed E-state index contributed by atoms with van der Waals surface area (Å²) in [5.41, 5.74) is -0.223. The van der Waals surface area contributed by atoms with Crippen molar-refractivity contribution < 1.29 is 14.8 Å². The van der Waals surface area contributed by atoms with Crippen LogP contribution >= 0.6 is 0 Å². The Kier molecular flexibility index (Phi) is 5.39. The first-order valence-corrected chi connectivity index (χ1v) is 8.77. The topological polar surface area (TPSA) is 114 Å². The molecular formula is C20H19N3O5. The van der Waals surface area contributed by atoms with E-state index in [9.17, 15) is 24.8 Å². The van der Waals surface area contributed by atoms with Crippen LogP contribution in [0.5, 0.6) is 0 Å². The maximum Gasteiger partial charge on any atom is 0.357 e. The van der Waals surface area contributed by atoms with Crippen molar-refractivity contribution in [3.05, 3.63) is 80.6 Å². The van der Waals surface area contributed by atoms with Gasteiger partial charge in [-0.25, -0.2) is 4.79 Å². The fourth-order valence-electron chi connectivity index (χ4n) is 3.25. The number of aromatic nitrogens is 1. The number of nitro groups is 1. The zero-order chi connectivity index (χ0) is 20.3. The van der Waals surface area contributed by atoms with E-state index in [1.54, 1.807) is 55.5 Å². The van der Waals surface area contributed by atoms with Crippen LogP contribution < -0.4 is 10.9 Å². The molecule has 0 saturated heterocycles. The summed E-state index contributed by atoms with van der Waals surface area (Å²) >= 11 is 0. The lowest BCUT2D eigenvalue weighted by molar-refractivity contribution is -0.385. The molecule has 1 unspecified atom stereocenters. The third-order valence-corrected chi connectivity index (χ3v) is 4.55. The molecule has 2 aromatic carbocycles. The summed E-state index contributed by atoms with van der Waals surface area (Å²) in [6, 6.07) is 14.5. The maximum atomic E-state index is 12.7. The van der Waals surface area contributed by atoms with Gasteiger partial charge in [0.2, 0.25) is 0 Å². The molecule has 3 aromatic rings. The monoisotopic (exact) mass is 381 g/mol.